The number of hydrogen-bond donors (Lipinski definition) is 1. The van der Waals surface area contributed by atoms with E-state index < -0.39 is 0 Å². The maximum atomic E-state index is 6.16. The normalized spacial score (nSPS) is 48.5. The highest BCUT2D eigenvalue weighted by molar-refractivity contribution is 8.00. The summed E-state index contributed by atoms with van der Waals surface area (Å²) in [6, 6.07) is 0.695. The summed E-state index contributed by atoms with van der Waals surface area (Å²) in [5.74, 6) is 2.86. The summed E-state index contributed by atoms with van der Waals surface area (Å²) < 4.78 is 0. The number of piperidine rings is 1. The van der Waals surface area contributed by atoms with Crippen molar-refractivity contribution >= 4 is 11.8 Å². The van der Waals surface area contributed by atoms with Crippen molar-refractivity contribution in [1.82, 2.24) is 4.90 Å². The van der Waals surface area contributed by atoms with Crippen molar-refractivity contribution in [2.75, 3.05) is 18.8 Å². The van der Waals surface area contributed by atoms with E-state index in [0.717, 1.165) is 23.6 Å². The van der Waals surface area contributed by atoms with Gasteiger partial charge in [-0.1, -0.05) is 20.8 Å². The van der Waals surface area contributed by atoms with Gasteiger partial charge in [-0.25, -0.2) is 0 Å². The number of nitrogens with two attached hydrogens (primary N) is 1. The van der Waals surface area contributed by atoms with Crippen LogP contribution in [-0.2, 0) is 0 Å². The number of likely N-dealkylation sites (tertiary alicyclic amines) is 1. The second-order valence-corrected chi connectivity index (χ2v) is 7.89. The Kier molecular flexibility index (Phi) is 4.11. The van der Waals surface area contributed by atoms with Crippen molar-refractivity contribution in [3.05, 3.63) is 0 Å². The lowest BCUT2D eigenvalue weighted by atomic mass is 9.81. The molecule has 2 heterocycles. The lowest BCUT2D eigenvalue weighted by molar-refractivity contribution is -0.00497. The van der Waals surface area contributed by atoms with Crippen molar-refractivity contribution < 1.29 is 0 Å². The van der Waals surface area contributed by atoms with Gasteiger partial charge in [0.1, 0.15) is 0 Å². The first-order chi connectivity index (χ1) is 7.98. The lowest BCUT2D eigenvalue weighted by Crippen LogP contribution is -2.62. The van der Waals surface area contributed by atoms with Crippen LogP contribution in [0.2, 0.25) is 0 Å². The molecule has 0 radical (unpaired) electrons. The van der Waals surface area contributed by atoms with E-state index in [-0.39, 0.29) is 5.54 Å². The first-order valence-corrected chi connectivity index (χ1v) is 8.12. The molecule has 5 atom stereocenters. The molecule has 2 rings (SSSR count). The molecular weight excluding hydrogens is 228 g/mol. The zero-order valence-electron chi connectivity index (χ0n) is 11.8. The molecular formula is C14H28N2S. The van der Waals surface area contributed by atoms with Gasteiger partial charge in [-0.15, -0.1) is 0 Å². The third kappa shape index (κ3) is 2.52. The van der Waals surface area contributed by atoms with Gasteiger partial charge in [0.05, 0.1) is 0 Å². The molecule has 2 nitrogen and oxygen atoms in total. The fourth-order valence-corrected chi connectivity index (χ4v) is 5.18. The molecule has 0 spiro atoms. The van der Waals surface area contributed by atoms with Crippen LogP contribution in [0.5, 0.6) is 0 Å². The zero-order chi connectivity index (χ0) is 12.6. The molecule has 0 aromatic carbocycles. The van der Waals surface area contributed by atoms with Gasteiger partial charge in [-0.2, -0.15) is 11.8 Å². The van der Waals surface area contributed by atoms with Crippen LogP contribution in [0.25, 0.3) is 0 Å². The van der Waals surface area contributed by atoms with Crippen LogP contribution in [0.15, 0.2) is 0 Å². The Bertz CT molecular complexity index is 271. The van der Waals surface area contributed by atoms with Crippen LogP contribution in [0, 0.1) is 11.8 Å². The van der Waals surface area contributed by atoms with Crippen molar-refractivity contribution in [3.63, 3.8) is 0 Å². The number of thioether (sulfide) groups is 1. The van der Waals surface area contributed by atoms with E-state index in [9.17, 15) is 0 Å². The van der Waals surface area contributed by atoms with Gasteiger partial charge in [0.25, 0.3) is 0 Å². The van der Waals surface area contributed by atoms with Crippen LogP contribution in [0.1, 0.15) is 40.5 Å². The largest absolute Gasteiger partial charge is 0.329 e. The van der Waals surface area contributed by atoms with Crippen LogP contribution >= 0.6 is 11.8 Å². The molecule has 0 aliphatic carbocycles. The highest BCUT2D eigenvalue weighted by Crippen LogP contribution is 2.42. The molecule has 5 unspecified atom stereocenters. The minimum atomic E-state index is 0.284. The fourth-order valence-electron chi connectivity index (χ4n) is 3.75. The molecule has 0 aromatic heterocycles. The van der Waals surface area contributed by atoms with Gasteiger partial charge in [0, 0.05) is 35.7 Å². The van der Waals surface area contributed by atoms with E-state index in [2.05, 4.69) is 44.4 Å². The maximum Gasteiger partial charge on any atom is 0.0435 e. The van der Waals surface area contributed by atoms with Crippen molar-refractivity contribution in [3.8, 4) is 0 Å². The van der Waals surface area contributed by atoms with Crippen molar-refractivity contribution in [1.29, 1.82) is 0 Å². The van der Waals surface area contributed by atoms with Gasteiger partial charge < -0.3 is 5.73 Å². The van der Waals surface area contributed by atoms with E-state index in [4.69, 9.17) is 5.73 Å². The zero-order valence-corrected chi connectivity index (χ0v) is 12.6. The minimum Gasteiger partial charge on any atom is -0.329 e. The average molecular weight is 256 g/mol. The molecule has 17 heavy (non-hydrogen) atoms. The Balaban J connectivity index is 2.18. The third-order valence-electron chi connectivity index (χ3n) is 4.89. The first-order valence-electron chi connectivity index (χ1n) is 7.07. The molecule has 100 valence electrons. The highest BCUT2D eigenvalue weighted by Gasteiger charge is 2.46. The van der Waals surface area contributed by atoms with Crippen LogP contribution in [-0.4, -0.2) is 40.6 Å². The average Bonchev–Trinajstić information content (AvgIpc) is 2.66. The third-order valence-corrected chi connectivity index (χ3v) is 6.33. The summed E-state index contributed by atoms with van der Waals surface area (Å²) in [4.78, 5) is 2.75. The van der Waals surface area contributed by atoms with Crippen LogP contribution in [0.4, 0.5) is 0 Å². The Morgan fingerprint density at radius 1 is 1.29 bits per heavy atom. The van der Waals surface area contributed by atoms with E-state index in [1.807, 2.05) is 0 Å². The number of rotatable bonds is 2. The summed E-state index contributed by atoms with van der Waals surface area (Å²) in [6.07, 6.45) is 2.65. The molecule has 0 saturated carbocycles. The highest BCUT2D eigenvalue weighted by atomic mass is 32.2. The Hall–Kier alpha value is 0.270. The molecule has 0 aromatic rings. The summed E-state index contributed by atoms with van der Waals surface area (Å²) in [5, 5.41) is 0.776. The predicted molar refractivity (Wildman–Crippen MR) is 77.4 cm³/mol. The summed E-state index contributed by atoms with van der Waals surface area (Å²) in [6.45, 7) is 11.6. The smallest absolute Gasteiger partial charge is 0.0435 e. The van der Waals surface area contributed by atoms with Crippen molar-refractivity contribution in [2.24, 2.45) is 17.6 Å². The Morgan fingerprint density at radius 2 is 2.00 bits per heavy atom. The van der Waals surface area contributed by atoms with E-state index in [1.165, 1.54) is 25.1 Å². The van der Waals surface area contributed by atoms with Gasteiger partial charge in [-0.05, 0) is 31.6 Å². The molecule has 3 heteroatoms. The van der Waals surface area contributed by atoms with Gasteiger partial charge in [0.2, 0.25) is 0 Å². The number of nitrogens with zero attached hydrogens (tertiary/aromatic N) is 1. The van der Waals surface area contributed by atoms with E-state index in [1.54, 1.807) is 0 Å². The Morgan fingerprint density at radius 3 is 2.53 bits per heavy atom. The van der Waals surface area contributed by atoms with Crippen molar-refractivity contribution in [2.45, 2.75) is 57.4 Å². The number of hydrogen-bond acceptors (Lipinski definition) is 3. The molecule has 2 fully saturated rings. The summed E-state index contributed by atoms with van der Waals surface area (Å²) in [5.41, 5.74) is 6.44. The van der Waals surface area contributed by atoms with Gasteiger partial charge in [-0.3, -0.25) is 4.90 Å². The first kappa shape index (κ1) is 13.7. The van der Waals surface area contributed by atoms with Crippen LogP contribution < -0.4 is 5.73 Å². The molecule has 2 aliphatic rings. The van der Waals surface area contributed by atoms with Gasteiger partial charge in [0.15, 0.2) is 0 Å². The second kappa shape index (κ2) is 5.10. The lowest BCUT2D eigenvalue weighted by Gasteiger charge is -2.50. The molecule has 2 saturated heterocycles. The van der Waals surface area contributed by atoms with Crippen LogP contribution in [0.3, 0.4) is 0 Å². The molecule has 2 aliphatic heterocycles. The van der Waals surface area contributed by atoms with E-state index in [0.29, 0.717) is 6.04 Å². The SMILES string of the molecule is CC1CC(C)C(C)N(C2(CN)CSC(C)C2)C1. The standard InChI is InChI=1S/C14H28N2S/c1-10-5-11(2)13(4)16(7-10)14(8-15)6-12(3)17-9-14/h10-13H,5-9,15H2,1-4H3. The monoisotopic (exact) mass is 256 g/mol. The topological polar surface area (TPSA) is 29.3 Å². The summed E-state index contributed by atoms with van der Waals surface area (Å²) >= 11 is 2.11. The summed E-state index contributed by atoms with van der Waals surface area (Å²) in [7, 11) is 0. The Labute approximate surface area is 111 Å². The second-order valence-electron chi connectivity index (χ2n) is 6.47. The maximum absolute atomic E-state index is 6.16. The molecule has 0 bridgehead atoms. The minimum absolute atomic E-state index is 0.284. The fraction of sp³-hybridized carbons (Fsp3) is 1.00. The molecule has 0 amide bonds. The molecule has 2 N–H and O–H groups in total. The van der Waals surface area contributed by atoms with Gasteiger partial charge >= 0.3 is 0 Å². The predicted octanol–water partition coefficient (Wildman–Crippen LogP) is 2.58. The quantitative estimate of drug-likeness (QED) is 0.823. The van der Waals surface area contributed by atoms with E-state index >= 15 is 0 Å².